The highest BCUT2D eigenvalue weighted by Crippen LogP contribution is 2.20. The van der Waals surface area contributed by atoms with Crippen LogP contribution in [0.2, 0.25) is 0 Å². The largest absolute Gasteiger partial charge is 0.367 e. The minimum Gasteiger partial charge on any atom is -0.367 e. The number of anilines is 1. The number of H-pyrrole nitrogens is 1. The molecule has 0 aliphatic carbocycles. The monoisotopic (exact) mass is 338 g/mol. The lowest BCUT2D eigenvalue weighted by atomic mass is 10.1. The van der Waals surface area contributed by atoms with Gasteiger partial charge in [-0.3, -0.25) is 9.89 Å². The van der Waals surface area contributed by atoms with Crippen LogP contribution < -0.4 is 16.2 Å². The Hall–Kier alpha value is -2.46. The second kappa shape index (κ2) is 6.34. The zero-order valence-corrected chi connectivity index (χ0v) is 13.6. The average Bonchev–Trinajstić information content (AvgIpc) is 2.85. The summed E-state index contributed by atoms with van der Waals surface area (Å²) in [5.74, 6) is 0.289. The van der Waals surface area contributed by atoms with Crippen molar-refractivity contribution < 1.29 is 13.2 Å². The maximum atomic E-state index is 12.2. The normalized spacial score (nSPS) is 11.4. The summed E-state index contributed by atoms with van der Waals surface area (Å²) in [7, 11) is -3.89. The molecule has 0 fully saturated rings. The predicted octanol–water partition coefficient (Wildman–Crippen LogP) is -0.376. The minimum absolute atomic E-state index is 0.0503. The van der Waals surface area contributed by atoms with Crippen LogP contribution in [0.4, 0.5) is 5.95 Å². The summed E-state index contributed by atoms with van der Waals surface area (Å²) < 4.78 is 23.2. The predicted molar refractivity (Wildman–Crippen MR) is 84.1 cm³/mol. The second-order valence-electron chi connectivity index (χ2n) is 5.11. The Morgan fingerprint density at radius 1 is 1.35 bits per heavy atom. The van der Waals surface area contributed by atoms with Gasteiger partial charge in [-0.15, -0.1) is 5.10 Å². The Morgan fingerprint density at radius 2 is 2.04 bits per heavy atom. The Balaban J connectivity index is 2.12. The third-order valence-corrected chi connectivity index (χ3v) is 4.42. The summed E-state index contributed by atoms with van der Waals surface area (Å²) in [6, 6.07) is 2.89. The van der Waals surface area contributed by atoms with Gasteiger partial charge in [-0.1, -0.05) is 0 Å². The van der Waals surface area contributed by atoms with E-state index in [1.54, 1.807) is 19.9 Å². The van der Waals surface area contributed by atoms with Crippen LogP contribution in [0, 0.1) is 13.8 Å². The van der Waals surface area contributed by atoms with Crippen molar-refractivity contribution in [2.24, 2.45) is 5.14 Å². The molecule has 1 aromatic heterocycles. The number of sulfonamides is 1. The first-order chi connectivity index (χ1) is 10.7. The van der Waals surface area contributed by atoms with Crippen LogP contribution >= 0.6 is 0 Å². The van der Waals surface area contributed by atoms with Gasteiger partial charge in [-0.05, 0) is 37.1 Å². The fraction of sp³-hybridized carbons (Fsp3) is 0.308. The number of primary sulfonamides is 1. The molecule has 10 heteroatoms. The molecule has 1 amide bonds. The molecule has 0 spiro atoms. The Bertz CT molecular complexity index is 843. The first kappa shape index (κ1) is 16.9. The topological polar surface area (TPSA) is 157 Å². The maximum Gasteiger partial charge on any atom is 0.251 e. The second-order valence-corrected chi connectivity index (χ2v) is 6.64. The Morgan fingerprint density at radius 3 is 2.61 bits per heavy atom. The van der Waals surface area contributed by atoms with E-state index in [-0.39, 0.29) is 16.4 Å². The zero-order valence-electron chi connectivity index (χ0n) is 12.8. The smallest absolute Gasteiger partial charge is 0.251 e. The van der Waals surface area contributed by atoms with Crippen LogP contribution in [-0.4, -0.2) is 36.1 Å². The van der Waals surface area contributed by atoms with Gasteiger partial charge in [-0.2, -0.15) is 4.98 Å². The molecule has 2 rings (SSSR count). The van der Waals surface area contributed by atoms with Crippen LogP contribution in [0.15, 0.2) is 17.0 Å². The molecular weight excluding hydrogens is 320 g/mol. The van der Waals surface area contributed by atoms with E-state index in [0.717, 1.165) is 0 Å². The molecule has 124 valence electrons. The molecule has 0 saturated carbocycles. The van der Waals surface area contributed by atoms with Crippen LogP contribution in [-0.2, 0) is 16.4 Å². The van der Waals surface area contributed by atoms with E-state index in [1.165, 1.54) is 6.07 Å². The molecule has 23 heavy (non-hydrogen) atoms. The van der Waals surface area contributed by atoms with E-state index in [4.69, 9.17) is 10.9 Å². The number of hydrogen-bond donors (Lipinski definition) is 4. The van der Waals surface area contributed by atoms with Crippen molar-refractivity contribution in [2.45, 2.75) is 25.2 Å². The molecule has 0 aliphatic rings. The molecular formula is C13H18N6O3S. The summed E-state index contributed by atoms with van der Waals surface area (Å²) >= 11 is 0. The number of rotatable bonds is 5. The molecule has 0 saturated heterocycles. The van der Waals surface area contributed by atoms with E-state index >= 15 is 0 Å². The number of nitrogen functional groups attached to an aromatic ring is 1. The van der Waals surface area contributed by atoms with E-state index < -0.39 is 15.9 Å². The standard InChI is InChI=1S/C13H18N6O3S/c1-7-5-9(6-10(8(7)2)23(15,21)22)12(20)16-4-3-11-17-13(14)19-18-11/h5-6H,3-4H2,1-2H3,(H,16,20)(H2,15,21,22)(H3,14,17,18,19). The van der Waals surface area contributed by atoms with Crippen LogP contribution in [0.25, 0.3) is 0 Å². The molecule has 1 aromatic carbocycles. The van der Waals surface area contributed by atoms with Crippen molar-refractivity contribution in [3.05, 3.63) is 34.6 Å². The van der Waals surface area contributed by atoms with Gasteiger partial charge in [0.15, 0.2) is 0 Å². The molecule has 1 heterocycles. The third kappa shape index (κ3) is 4.05. The van der Waals surface area contributed by atoms with Crippen LogP contribution in [0.5, 0.6) is 0 Å². The summed E-state index contributed by atoms with van der Waals surface area (Å²) in [5, 5.41) is 14.2. The van der Waals surface area contributed by atoms with Gasteiger partial charge in [0.2, 0.25) is 16.0 Å². The van der Waals surface area contributed by atoms with Crippen molar-refractivity contribution in [1.29, 1.82) is 0 Å². The van der Waals surface area contributed by atoms with Gasteiger partial charge in [0.25, 0.3) is 5.91 Å². The fourth-order valence-corrected chi connectivity index (χ4v) is 2.95. The van der Waals surface area contributed by atoms with Crippen LogP contribution in [0.3, 0.4) is 0 Å². The van der Waals surface area contributed by atoms with E-state index in [1.807, 2.05) is 0 Å². The van der Waals surface area contributed by atoms with Crippen molar-refractivity contribution >= 4 is 21.9 Å². The van der Waals surface area contributed by atoms with Gasteiger partial charge < -0.3 is 11.1 Å². The number of nitrogens with zero attached hydrogens (tertiary/aromatic N) is 2. The quantitative estimate of drug-likeness (QED) is 0.582. The third-order valence-electron chi connectivity index (χ3n) is 3.38. The van der Waals surface area contributed by atoms with E-state index in [9.17, 15) is 13.2 Å². The number of carbonyl (C=O) groups excluding carboxylic acids is 1. The lowest BCUT2D eigenvalue weighted by molar-refractivity contribution is 0.0953. The maximum absolute atomic E-state index is 12.2. The molecule has 9 nitrogen and oxygen atoms in total. The Labute approximate surface area is 133 Å². The lowest BCUT2D eigenvalue weighted by Gasteiger charge is -2.11. The molecule has 0 aliphatic heterocycles. The molecule has 0 radical (unpaired) electrons. The number of aromatic amines is 1. The minimum atomic E-state index is -3.89. The highest BCUT2D eigenvalue weighted by atomic mass is 32.2. The average molecular weight is 338 g/mol. The first-order valence-corrected chi connectivity index (χ1v) is 8.32. The van der Waals surface area contributed by atoms with E-state index in [2.05, 4.69) is 20.5 Å². The van der Waals surface area contributed by atoms with Crippen molar-refractivity contribution in [3.8, 4) is 0 Å². The number of benzene rings is 1. The Kier molecular flexibility index (Phi) is 4.66. The van der Waals surface area contributed by atoms with Gasteiger partial charge in [0.1, 0.15) is 5.82 Å². The van der Waals surface area contributed by atoms with Gasteiger partial charge in [0.05, 0.1) is 4.90 Å². The molecule has 0 unspecified atom stereocenters. The van der Waals surface area contributed by atoms with Crippen molar-refractivity contribution in [3.63, 3.8) is 0 Å². The van der Waals surface area contributed by atoms with Crippen molar-refractivity contribution in [1.82, 2.24) is 20.5 Å². The van der Waals surface area contributed by atoms with Gasteiger partial charge in [0, 0.05) is 18.5 Å². The number of hydrogen-bond acceptors (Lipinski definition) is 6. The van der Waals surface area contributed by atoms with E-state index in [0.29, 0.717) is 29.9 Å². The first-order valence-electron chi connectivity index (χ1n) is 6.77. The lowest BCUT2D eigenvalue weighted by Crippen LogP contribution is -2.26. The fourth-order valence-electron chi connectivity index (χ4n) is 2.07. The molecule has 0 bridgehead atoms. The number of aromatic nitrogens is 3. The molecule has 6 N–H and O–H groups in total. The number of aryl methyl sites for hydroxylation is 1. The number of nitrogens with two attached hydrogens (primary N) is 2. The SMILES string of the molecule is Cc1cc(C(=O)NCCc2nc(N)n[nH]2)cc(S(N)(=O)=O)c1C. The summed E-state index contributed by atoms with van der Waals surface area (Å²) in [6.45, 7) is 3.66. The zero-order chi connectivity index (χ0) is 17.2. The highest BCUT2D eigenvalue weighted by Gasteiger charge is 2.17. The summed E-state index contributed by atoms with van der Waals surface area (Å²) in [6.07, 6.45) is 0.419. The number of nitrogens with one attached hydrogen (secondary N) is 2. The van der Waals surface area contributed by atoms with Gasteiger partial charge >= 0.3 is 0 Å². The molecule has 0 atom stereocenters. The van der Waals surface area contributed by atoms with Crippen LogP contribution in [0.1, 0.15) is 27.3 Å². The summed E-state index contributed by atoms with van der Waals surface area (Å²) in [4.78, 5) is 16.0. The van der Waals surface area contributed by atoms with Crippen molar-refractivity contribution in [2.75, 3.05) is 12.3 Å². The summed E-state index contributed by atoms with van der Waals surface area (Å²) in [5.41, 5.74) is 6.81. The molecule has 2 aromatic rings. The number of carbonyl (C=O) groups is 1. The van der Waals surface area contributed by atoms with Gasteiger partial charge in [-0.25, -0.2) is 13.6 Å². The number of amides is 1. The highest BCUT2D eigenvalue weighted by molar-refractivity contribution is 7.89.